The maximum Gasteiger partial charge on any atom is 0.308 e. The fourth-order valence-electron chi connectivity index (χ4n) is 1.61. The molecule has 0 N–H and O–H groups in total. The zero-order chi connectivity index (χ0) is 15.2. The van der Waals surface area contributed by atoms with Crippen LogP contribution in [0.5, 0.6) is 17.2 Å². The Bertz CT molecular complexity index is 627. The number of ether oxygens (including phenoxy) is 3. The largest absolute Gasteiger partial charge is 0.493 e. The number of aromatic nitrogens is 3. The van der Waals surface area contributed by atoms with Gasteiger partial charge in [-0.25, -0.2) is 4.68 Å². The van der Waals surface area contributed by atoms with Gasteiger partial charge in [-0.1, -0.05) is 0 Å². The Balaban J connectivity index is 2.37. The summed E-state index contributed by atoms with van der Waals surface area (Å²) in [5, 5.41) is 11.4. The van der Waals surface area contributed by atoms with Crippen molar-refractivity contribution in [2.45, 2.75) is 6.92 Å². The number of esters is 1. The molecule has 0 fully saturated rings. The lowest BCUT2D eigenvalue weighted by Gasteiger charge is -2.13. The minimum Gasteiger partial charge on any atom is -0.493 e. The van der Waals surface area contributed by atoms with E-state index in [1.54, 1.807) is 18.3 Å². The quantitative estimate of drug-likeness (QED) is 0.465. The normalized spacial score (nSPS) is 10.6. The molecule has 0 amide bonds. The van der Waals surface area contributed by atoms with Crippen molar-refractivity contribution in [2.75, 3.05) is 14.2 Å². The van der Waals surface area contributed by atoms with Crippen LogP contribution in [0.2, 0.25) is 0 Å². The van der Waals surface area contributed by atoms with E-state index in [2.05, 4.69) is 15.3 Å². The van der Waals surface area contributed by atoms with Gasteiger partial charge in [0.25, 0.3) is 0 Å². The standard InChI is InChI=1S/C13H14N4O4/c1-9(18)21-13-11(19-2)4-10(5-12(13)20-3)6-16-17-7-14-15-8-17/h4-8H,1-3H3/b16-6-. The van der Waals surface area contributed by atoms with Crippen LogP contribution in [0.3, 0.4) is 0 Å². The first-order valence-corrected chi connectivity index (χ1v) is 5.97. The highest BCUT2D eigenvalue weighted by molar-refractivity contribution is 5.83. The van der Waals surface area contributed by atoms with Crippen LogP contribution in [-0.4, -0.2) is 41.3 Å². The van der Waals surface area contributed by atoms with Crippen molar-refractivity contribution in [3.8, 4) is 17.2 Å². The molecule has 0 bridgehead atoms. The first-order chi connectivity index (χ1) is 10.1. The number of hydrogen-bond donors (Lipinski definition) is 0. The molecule has 0 aliphatic rings. The van der Waals surface area contributed by atoms with E-state index >= 15 is 0 Å². The molecule has 0 saturated carbocycles. The van der Waals surface area contributed by atoms with E-state index < -0.39 is 5.97 Å². The van der Waals surface area contributed by atoms with Gasteiger partial charge in [0.15, 0.2) is 11.5 Å². The lowest BCUT2D eigenvalue weighted by Crippen LogP contribution is -2.05. The first-order valence-electron chi connectivity index (χ1n) is 5.97. The van der Waals surface area contributed by atoms with E-state index in [0.29, 0.717) is 17.1 Å². The molecular formula is C13H14N4O4. The van der Waals surface area contributed by atoms with Crippen LogP contribution in [0.1, 0.15) is 12.5 Å². The van der Waals surface area contributed by atoms with Crippen molar-refractivity contribution in [3.63, 3.8) is 0 Å². The monoisotopic (exact) mass is 290 g/mol. The average molecular weight is 290 g/mol. The summed E-state index contributed by atoms with van der Waals surface area (Å²) in [5.74, 6) is 0.510. The van der Waals surface area contributed by atoms with Crippen LogP contribution in [0, 0.1) is 0 Å². The molecule has 2 aromatic rings. The van der Waals surface area contributed by atoms with E-state index in [1.165, 1.54) is 38.5 Å². The van der Waals surface area contributed by atoms with Gasteiger partial charge in [-0.15, -0.1) is 10.2 Å². The van der Waals surface area contributed by atoms with Crippen LogP contribution in [0.15, 0.2) is 29.9 Å². The van der Waals surface area contributed by atoms with Crippen LogP contribution >= 0.6 is 0 Å². The van der Waals surface area contributed by atoms with Gasteiger partial charge < -0.3 is 14.2 Å². The van der Waals surface area contributed by atoms with Gasteiger partial charge >= 0.3 is 5.97 Å². The summed E-state index contributed by atoms with van der Waals surface area (Å²) in [5.41, 5.74) is 0.702. The Kier molecular flexibility index (Phi) is 4.50. The topological polar surface area (TPSA) is 87.8 Å². The fraction of sp³-hybridized carbons (Fsp3) is 0.231. The van der Waals surface area contributed by atoms with Gasteiger partial charge in [0.2, 0.25) is 5.75 Å². The van der Waals surface area contributed by atoms with Crippen LogP contribution in [0.25, 0.3) is 0 Å². The second-order valence-electron chi connectivity index (χ2n) is 3.93. The van der Waals surface area contributed by atoms with Gasteiger partial charge in [-0.2, -0.15) is 5.10 Å². The number of nitrogens with zero attached hydrogens (tertiary/aromatic N) is 4. The zero-order valence-electron chi connectivity index (χ0n) is 11.8. The molecule has 1 aromatic carbocycles. The predicted octanol–water partition coefficient (Wildman–Crippen LogP) is 1.10. The van der Waals surface area contributed by atoms with Gasteiger partial charge in [-0.3, -0.25) is 4.79 Å². The molecular weight excluding hydrogens is 276 g/mol. The van der Waals surface area contributed by atoms with Crippen LogP contribution in [-0.2, 0) is 4.79 Å². The number of carbonyl (C=O) groups is 1. The highest BCUT2D eigenvalue weighted by atomic mass is 16.6. The average Bonchev–Trinajstić information content (AvgIpc) is 2.98. The van der Waals surface area contributed by atoms with Crippen molar-refractivity contribution >= 4 is 12.2 Å². The summed E-state index contributed by atoms with van der Waals surface area (Å²) < 4.78 is 17.0. The summed E-state index contributed by atoms with van der Waals surface area (Å²) in [6.45, 7) is 1.31. The number of rotatable bonds is 5. The molecule has 0 aliphatic heterocycles. The molecule has 0 atom stereocenters. The highest BCUT2D eigenvalue weighted by Gasteiger charge is 2.15. The fourth-order valence-corrected chi connectivity index (χ4v) is 1.61. The van der Waals surface area contributed by atoms with E-state index in [0.717, 1.165) is 0 Å². The minimum absolute atomic E-state index is 0.231. The third-order valence-electron chi connectivity index (χ3n) is 2.48. The highest BCUT2D eigenvalue weighted by Crippen LogP contribution is 2.38. The van der Waals surface area contributed by atoms with E-state index in [4.69, 9.17) is 14.2 Å². The molecule has 2 rings (SSSR count). The minimum atomic E-state index is -0.461. The van der Waals surface area contributed by atoms with Crippen LogP contribution < -0.4 is 14.2 Å². The summed E-state index contributed by atoms with van der Waals surface area (Å²) in [4.78, 5) is 11.1. The Morgan fingerprint density at radius 3 is 2.24 bits per heavy atom. The van der Waals surface area contributed by atoms with E-state index in [1.807, 2.05) is 0 Å². The molecule has 1 aromatic heterocycles. The molecule has 0 aliphatic carbocycles. The Labute approximate surface area is 121 Å². The number of carbonyl (C=O) groups excluding carboxylic acids is 1. The lowest BCUT2D eigenvalue weighted by molar-refractivity contribution is -0.132. The predicted molar refractivity (Wildman–Crippen MR) is 73.9 cm³/mol. The molecule has 8 nitrogen and oxygen atoms in total. The van der Waals surface area contributed by atoms with Crippen molar-refractivity contribution in [2.24, 2.45) is 5.10 Å². The van der Waals surface area contributed by atoms with Gasteiger partial charge in [-0.05, 0) is 12.1 Å². The molecule has 0 spiro atoms. The second kappa shape index (κ2) is 6.51. The molecule has 8 heteroatoms. The summed E-state index contributed by atoms with van der Waals surface area (Å²) in [6.07, 6.45) is 4.49. The van der Waals surface area contributed by atoms with Gasteiger partial charge in [0, 0.05) is 12.5 Å². The van der Waals surface area contributed by atoms with Gasteiger partial charge in [0.05, 0.1) is 20.4 Å². The van der Waals surface area contributed by atoms with Gasteiger partial charge in [0.1, 0.15) is 12.7 Å². The summed E-state index contributed by atoms with van der Waals surface area (Å²) in [6, 6.07) is 3.35. The zero-order valence-corrected chi connectivity index (χ0v) is 11.8. The summed E-state index contributed by atoms with van der Waals surface area (Å²) in [7, 11) is 2.95. The first kappa shape index (κ1) is 14.5. The number of methoxy groups -OCH3 is 2. The van der Waals surface area contributed by atoms with Crippen molar-refractivity contribution in [1.29, 1.82) is 0 Å². The number of hydrogen-bond acceptors (Lipinski definition) is 7. The Morgan fingerprint density at radius 2 is 1.76 bits per heavy atom. The van der Waals surface area contributed by atoms with E-state index in [-0.39, 0.29) is 5.75 Å². The third-order valence-corrected chi connectivity index (χ3v) is 2.48. The summed E-state index contributed by atoms with van der Waals surface area (Å²) >= 11 is 0. The van der Waals surface area contributed by atoms with Crippen molar-refractivity contribution in [3.05, 3.63) is 30.4 Å². The molecule has 0 radical (unpaired) electrons. The SMILES string of the molecule is COc1cc(/C=N\n2cnnc2)cc(OC)c1OC(C)=O. The number of benzene rings is 1. The van der Waals surface area contributed by atoms with Crippen molar-refractivity contribution in [1.82, 2.24) is 14.9 Å². The maximum absolute atomic E-state index is 11.1. The molecule has 21 heavy (non-hydrogen) atoms. The maximum atomic E-state index is 11.1. The van der Waals surface area contributed by atoms with Crippen molar-refractivity contribution < 1.29 is 19.0 Å². The molecule has 0 saturated heterocycles. The molecule has 110 valence electrons. The third kappa shape index (κ3) is 3.56. The molecule has 0 unspecified atom stereocenters. The Morgan fingerprint density at radius 1 is 1.19 bits per heavy atom. The smallest absolute Gasteiger partial charge is 0.308 e. The lowest BCUT2D eigenvalue weighted by atomic mass is 10.2. The Hall–Kier alpha value is -2.90. The van der Waals surface area contributed by atoms with E-state index in [9.17, 15) is 4.79 Å². The second-order valence-corrected chi connectivity index (χ2v) is 3.93. The van der Waals surface area contributed by atoms with Crippen LogP contribution in [0.4, 0.5) is 0 Å². The molecule has 1 heterocycles.